The van der Waals surface area contributed by atoms with Gasteiger partial charge in [0.25, 0.3) is 0 Å². The Morgan fingerprint density at radius 3 is 1.80 bits per heavy atom. The maximum Gasteiger partial charge on any atom is 0.615 e. The Hall–Kier alpha value is -1.81. The van der Waals surface area contributed by atoms with Crippen molar-refractivity contribution in [2.24, 2.45) is 0 Å². The Labute approximate surface area is 149 Å². The molecule has 5 nitrogen and oxygen atoms in total. The van der Waals surface area contributed by atoms with Crippen LogP contribution in [-0.2, 0) is 14.1 Å². The van der Waals surface area contributed by atoms with Gasteiger partial charge in [0.1, 0.15) is 11.5 Å². The fraction of sp³-hybridized carbons (Fsp3) is 0.368. The molecule has 0 heterocycles. The molecular weight excluding hydrogens is 339 g/mol. The molecular formula is C19H25O5P. The van der Waals surface area contributed by atoms with Crippen molar-refractivity contribution in [1.82, 2.24) is 0 Å². The van der Waals surface area contributed by atoms with E-state index in [1.807, 2.05) is 12.1 Å². The predicted octanol–water partition coefficient (Wildman–Crippen LogP) is 6.17. The number of hydrogen-bond acceptors (Lipinski definition) is 5. The summed E-state index contributed by atoms with van der Waals surface area (Å²) >= 11 is 0. The normalized spacial score (nSPS) is 11.2. The second-order valence-electron chi connectivity index (χ2n) is 5.57. The van der Waals surface area contributed by atoms with Crippen LogP contribution in [0.3, 0.4) is 0 Å². The maximum atomic E-state index is 12.9. The zero-order valence-corrected chi connectivity index (χ0v) is 15.4. The van der Waals surface area contributed by atoms with Crippen LogP contribution in [0.15, 0.2) is 60.7 Å². The summed E-state index contributed by atoms with van der Waals surface area (Å²) in [7, 11) is -3.95. The predicted molar refractivity (Wildman–Crippen MR) is 97.5 cm³/mol. The van der Waals surface area contributed by atoms with Crippen LogP contribution in [0.2, 0.25) is 0 Å². The van der Waals surface area contributed by atoms with E-state index in [0.717, 1.165) is 19.3 Å². The molecule has 0 unspecified atom stereocenters. The smallest absolute Gasteiger partial charge is 0.394 e. The van der Waals surface area contributed by atoms with Crippen molar-refractivity contribution in [1.29, 1.82) is 0 Å². The highest BCUT2D eigenvalue weighted by atomic mass is 31.2. The van der Waals surface area contributed by atoms with Gasteiger partial charge in [-0.1, -0.05) is 69.0 Å². The highest BCUT2D eigenvalue weighted by molar-refractivity contribution is 7.49. The topological polar surface area (TPSA) is 54.0 Å². The van der Waals surface area contributed by atoms with Crippen LogP contribution in [0.1, 0.15) is 39.0 Å². The van der Waals surface area contributed by atoms with Crippen molar-refractivity contribution in [3.63, 3.8) is 0 Å². The third-order valence-corrected chi connectivity index (χ3v) is 4.55. The molecule has 136 valence electrons. The third-order valence-electron chi connectivity index (χ3n) is 3.40. The molecule has 0 aromatic heterocycles. The highest BCUT2D eigenvalue weighted by Gasteiger charge is 2.32. The molecule has 0 radical (unpaired) electrons. The van der Waals surface area contributed by atoms with Gasteiger partial charge < -0.3 is 9.05 Å². The molecule has 0 atom stereocenters. The van der Waals surface area contributed by atoms with Gasteiger partial charge in [-0.3, -0.25) is 0 Å². The minimum absolute atomic E-state index is 0.337. The SMILES string of the molecule is CCCCCCCOOP(=O)(Oc1ccccc1)Oc1ccccc1. The first-order valence-corrected chi connectivity index (χ1v) is 10.1. The second-order valence-corrected chi connectivity index (χ2v) is 6.98. The van der Waals surface area contributed by atoms with E-state index in [0.29, 0.717) is 18.1 Å². The highest BCUT2D eigenvalue weighted by Crippen LogP contribution is 2.49. The fourth-order valence-electron chi connectivity index (χ4n) is 2.14. The molecule has 2 aromatic carbocycles. The number of para-hydroxylation sites is 2. The number of unbranched alkanes of at least 4 members (excludes halogenated alkanes) is 4. The maximum absolute atomic E-state index is 12.9. The second kappa shape index (κ2) is 10.9. The van der Waals surface area contributed by atoms with Gasteiger partial charge in [-0.2, -0.15) is 0 Å². The number of phosphoric ester groups is 1. The fourth-order valence-corrected chi connectivity index (χ4v) is 3.20. The Morgan fingerprint density at radius 1 is 0.760 bits per heavy atom. The van der Waals surface area contributed by atoms with Crippen molar-refractivity contribution < 1.29 is 23.2 Å². The Kier molecular flexibility index (Phi) is 8.53. The summed E-state index contributed by atoms with van der Waals surface area (Å²) in [5.74, 6) is 0.765. The van der Waals surface area contributed by atoms with Crippen LogP contribution in [0.25, 0.3) is 0 Å². The summed E-state index contributed by atoms with van der Waals surface area (Å²) in [4.78, 5) is 5.11. The summed E-state index contributed by atoms with van der Waals surface area (Å²) in [6, 6.07) is 17.5. The standard InChI is InChI=1S/C19H25O5P/c1-2-3-4-5-12-17-21-24-25(20,22-18-13-8-6-9-14-18)23-19-15-10-7-11-16-19/h6-11,13-16H,2-5,12,17H2,1H3. The van der Waals surface area contributed by atoms with Crippen molar-refractivity contribution in [2.75, 3.05) is 6.61 Å². The molecule has 0 aliphatic carbocycles. The summed E-state index contributed by atoms with van der Waals surface area (Å²) in [6.07, 6.45) is 5.41. The molecule has 6 heteroatoms. The molecule has 0 aliphatic heterocycles. The number of benzene rings is 2. The lowest BCUT2D eigenvalue weighted by molar-refractivity contribution is -0.220. The van der Waals surface area contributed by atoms with E-state index in [2.05, 4.69) is 6.92 Å². The van der Waals surface area contributed by atoms with Gasteiger partial charge in [0.2, 0.25) is 0 Å². The van der Waals surface area contributed by atoms with Crippen LogP contribution in [0.5, 0.6) is 11.5 Å². The Balaban J connectivity index is 1.91. The average molecular weight is 364 g/mol. The van der Waals surface area contributed by atoms with E-state index in [9.17, 15) is 4.57 Å². The molecule has 2 rings (SSSR count). The zero-order chi connectivity index (χ0) is 17.8. The van der Waals surface area contributed by atoms with E-state index < -0.39 is 7.82 Å². The quantitative estimate of drug-likeness (QED) is 0.195. The van der Waals surface area contributed by atoms with Gasteiger partial charge in [-0.25, -0.2) is 9.45 Å². The molecule has 2 aromatic rings. The molecule has 0 saturated heterocycles. The van der Waals surface area contributed by atoms with Gasteiger partial charge in [0, 0.05) is 0 Å². The van der Waals surface area contributed by atoms with Crippen LogP contribution < -0.4 is 9.05 Å². The Morgan fingerprint density at radius 2 is 1.28 bits per heavy atom. The first-order valence-electron chi connectivity index (χ1n) is 8.62. The number of phosphoric acid groups is 1. The molecule has 0 N–H and O–H groups in total. The monoisotopic (exact) mass is 364 g/mol. The van der Waals surface area contributed by atoms with E-state index in [1.54, 1.807) is 48.5 Å². The lowest BCUT2D eigenvalue weighted by atomic mass is 10.2. The third kappa shape index (κ3) is 7.74. The van der Waals surface area contributed by atoms with E-state index in [-0.39, 0.29) is 0 Å². The molecule has 0 bridgehead atoms. The van der Waals surface area contributed by atoms with Gasteiger partial charge in [0.15, 0.2) is 0 Å². The molecule has 0 amide bonds. The first-order chi connectivity index (χ1) is 12.2. The van der Waals surface area contributed by atoms with E-state index >= 15 is 0 Å². The lowest BCUT2D eigenvalue weighted by Crippen LogP contribution is -2.06. The van der Waals surface area contributed by atoms with E-state index in [4.69, 9.17) is 18.6 Å². The van der Waals surface area contributed by atoms with Crippen LogP contribution in [0.4, 0.5) is 0 Å². The summed E-state index contributed by atoms with van der Waals surface area (Å²) in [6.45, 7) is 2.50. The van der Waals surface area contributed by atoms with E-state index in [1.165, 1.54) is 12.8 Å². The largest absolute Gasteiger partial charge is 0.615 e. The van der Waals surface area contributed by atoms with Crippen molar-refractivity contribution in [3.05, 3.63) is 60.7 Å². The summed E-state index contributed by atoms with van der Waals surface area (Å²) in [5, 5.41) is 0. The van der Waals surface area contributed by atoms with Crippen LogP contribution in [0, 0.1) is 0 Å². The minimum atomic E-state index is -3.95. The molecule has 0 saturated carbocycles. The number of hydrogen-bond donors (Lipinski definition) is 0. The number of rotatable bonds is 12. The zero-order valence-electron chi connectivity index (χ0n) is 14.5. The molecule has 0 fully saturated rings. The van der Waals surface area contributed by atoms with Gasteiger partial charge in [-0.15, -0.1) is 4.67 Å². The molecule has 0 spiro atoms. The summed E-state index contributed by atoms with van der Waals surface area (Å²) < 4.78 is 28.8. The summed E-state index contributed by atoms with van der Waals surface area (Å²) in [5.41, 5.74) is 0. The van der Waals surface area contributed by atoms with Crippen LogP contribution >= 0.6 is 7.82 Å². The van der Waals surface area contributed by atoms with Crippen LogP contribution in [-0.4, -0.2) is 6.61 Å². The Bertz CT molecular complexity index is 587. The van der Waals surface area contributed by atoms with Crippen molar-refractivity contribution >= 4 is 7.82 Å². The van der Waals surface area contributed by atoms with Gasteiger partial charge in [0.05, 0.1) is 6.61 Å². The molecule has 0 aliphatic rings. The van der Waals surface area contributed by atoms with Gasteiger partial charge >= 0.3 is 7.82 Å². The minimum Gasteiger partial charge on any atom is -0.394 e. The first kappa shape index (κ1) is 19.5. The average Bonchev–Trinajstić information content (AvgIpc) is 2.62. The van der Waals surface area contributed by atoms with Crippen molar-refractivity contribution in [3.8, 4) is 11.5 Å². The van der Waals surface area contributed by atoms with Crippen molar-refractivity contribution in [2.45, 2.75) is 39.0 Å². The molecule has 25 heavy (non-hydrogen) atoms. The lowest BCUT2D eigenvalue weighted by Gasteiger charge is -2.17. The van der Waals surface area contributed by atoms with Gasteiger partial charge in [-0.05, 0) is 30.7 Å².